The second kappa shape index (κ2) is 10.4. The van der Waals surface area contributed by atoms with E-state index in [1.807, 2.05) is 0 Å². The van der Waals surface area contributed by atoms with Crippen LogP contribution in [0.3, 0.4) is 0 Å². The summed E-state index contributed by atoms with van der Waals surface area (Å²) in [5, 5.41) is 2.73. The third kappa shape index (κ3) is 6.46. The maximum Gasteiger partial charge on any atom is 0.339 e. The van der Waals surface area contributed by atoms with Crippen LogP contribution in [0.5, 0.6) is 0 Å². The highest BCUT2D eigenvalue weighted by atomic mass is 35.5. The van der Waals surface area contributed by atoms with E-state index in [1.54, 1.807) is 19.9 Å². The van der Waals surface area contributed by atoms with Crippen LogP contribution < -0.4 is 10.0 Å². The van der Waals surface area contributed by atoms with Gasteiger partial charge in [0.05, 0.1) is 10.5 Å². The van der Waals surface area contributed by atoms with E-state index in [1.165, 1.54) is 48.8 Å². The Morgan fingerprint density at radius 3 is 2.42 bits per heavy atom. The van der Waals surface area contributed by atoms with E-state index < -0.39 is 28.0 Å². The van der Waals surface area contributed by atoms with Gasteiger partial charge in [-0.1, -0.05) is 18.5 Å². The molecule has 1 aromatic carbocycles. The summed E-state index contributed by atoms with van der Waals surface area (Å²) < 4.78 is 32.6. The maximum absolute atomic E-state index is 12.6. The average molecular weight is 490 g/mol. The number of ether oxygens (including phenoxy) is 1. The van der Waals surface area contributed by atoms with Gasteiger partial charge in [-0.05, 0) is 55.8 Å². The van der Waals surface area contributed by atoms with Crippen LogP contribution in [0.15, 0.2) is 59.8 Å². The minimum Gasteiger partial charge on any atom is -0.449 e. The Morgan fingerprint density at radius 1 is 1.09 bits per heavy atom. The van der Waals surface area contributed by atoms with Crippen molar-refractivity contribution >= 4 is 45.1 Å². The summed E-state index contributed by atoms with van der Waals surface area (Å²) in [7, 11) is -3.92. The van der Waals surface area contributed by atoms with E-state index in [0.29, 0.717) is 11.4 Å². The van der Waals surface area contributed by atoms with Gasteiger partial charge in [0.25, 0.3) is 15.9 Å². The number of aryl methyl sites for hydroxylation is 1. The quantitative estimate of drug-likeness (QED) is 0.363. The van der Waals surface area contributed by atoms with Gasteiger partial charge in [-0.15, -0.1) is 0 Å². The number of nitrogens with one attached hydrogen (secondary N) is 2. The van der Waals surface area contributed by atoms with E-state index >= 15 is 0 Å². The van der Waals surface area contributed by atoms with E-state index in [0.717, 1.165) is 0 Å². The predicted molar refractivity (Wildman–Crippen MR) is 121 cm³/mol. The fraction of sp³-hybridized carbons (Fsp3) is 0.190. The fourth-order valence-corrected chi connectivity index (χ4v) is 3.79. The normalized spacial score (nSPS) is 12.0. The summed E-state index contributed by atoms with van der Waals surface area (Å²) >= 11 is 5.77. The summed E-state index contributed by atoms with van der Waals surface area (Å²) in [5.74, 6) is -1.32. The topological polar surface area (TPSA) is 140 Å². The Hall–Kier alpha value is -3.57. The molecule has 1 unspecified atom stereocenters. The molecular weight excluding hydrogens is 470 g/mol. The second-order valence-electron chi connectivity index (χ2n) is 6.81. The summed E-state index contributed by atoms with van der Waals surface area (Å²) in [5.41, 5.74) is 1.10. The van der Waals surface area contributed by atoms with Crippen LogP contribution >= 0.6 is 11.6 Å². The van der Waals surface area contributed by atoms with Gasteiger partial charge in [0.15, 0.2) is 6.10 Å². The van der Waals surface area contributed by atoms with Crippen LogP contribution in [-0.2, 0) is 19.6 Å². The highest BCUT2D eigenvalue weighted by Crippen LogP contribution is 2.18. The number of benzene rings is 1. The van der Waals surface area contributed by atoms with Crippen molar-refractivity contribution in [1.29, 1.82) is 0 Å². The average Bonchev–Trinajstić information content (AvgIpc) is 2.77. The standard InChI is InChI=1S/C21H20ClN5O5S/c1-3-17(32-20(29)14-9-11-23-18(22)12-14)19(28)26-15-4-6-16(7-5-15)33(30,31)27-21-24-10-8-13(2)25-21/h4-12,17H,3H2,1-2H3,(H,26,28)(H,24,25,27). The number of aromatic nitrogens is 3. The summed E-state index contributed by atoms with van der Waals surface area (Å²) in [6, 6.07) is 9.88. The van der Waals surface area contributed by atoms with Crippen LogP contribution in [0.2, 0.25) is 5.15 Å². The molecule has 0 spiro atoms. The number of nitrogens with zero attached hydrogens (tertiary/aromatic N) is 3. The molecule has 0 saturated carbocycles. The first kappa shape index (κ1) is 24.1. The molecule has 33 heavy (non-hydrogen) atoms. The van der Waals surface area contributed by atoms with Gasteiger partial charge in [-0.2, -0.15) is 0 Å². The van der Waals surface area contributed by atoms with Gasteiger partial charge in [0.1, 0.15) is 5.15 Å². The van der Waals surface area contributed by atoms with Crippen molar-refractivity contribution < 1.29 is 22.7 Å². The molecule has 2 aromatic heterocycles. The largest absolute Gasteiger partial charge is 0.449 e. The first-order chi connectivity index (χ1) is 15.7. The molecule has 0 bridgehead atoms. The van der Waals surface area contributed by atoms with Crippen molar-refractivity contribution in [2.24, 2.45) is 0 Å². The van der Waals surface area contributed by atoms with Crippen molar-refractivity contribution in [3.05, 3.63) is 71.3 Å². The summed E-state index contributed by atoms with van der Waals surface area (Å²) in [6.45, 7) is 3.40. The number of anilines is 2. The molecule has 12 heteroatoms. The number of carbonyl (C=O) groups excluding carboxylic acids is 2. The molecule has 10 nitrogen and oxygen atoms in total. The zero-order valence-corrected chi connectivity index (χ0v) is 19.2. The van der Waals surface area contributed by atoms with Crippen LogP contribution in [0.1, 0.15) is 29.4 Å². The van der Waals surface area contributed by atoms with Crippen molar-refractivity contribution in [3.8, 4) is 0 Å². The van der Waals surface area contributed by atoms with Gasteiger partial charge < -0.3 is 10.1 Å². The number of hydrogen-bond donors (Lipinski definition) is 2. The van der Waals surface area contributed by atoms with E-state index in [9.17, 15) is 18.0 Å². The molecule has 3 rings (SSSR count). The van der Waals surface area contributed by atoms with Crippen molar-refractivity contribution in [1.82, 2.24) is 15.0 Å². The van der Waals surface area contributed by atoms with Crippen molar-refractivity contribution in [2.45, 2.75) is 31.3 Å². The fourth-order valence-electron chi connectivity index (χ4n) is 2.67. The zero-order valence-electron chi connectivity index (χ0n) is 17.6. The van der Waals surface area contributed by atoms with Crippen LogP contribution in [0.25, 0.3) is 0 Å². The molecule has 0 radical (unpaired) electrons. The van der Waals surface area contributed by atoms with E-state index in [-0.39, 0.29) is 28.0 Å². The van der Waals surface area contributed by atoms with Crippen LogP contribution in [0.4, 0.5) is 11.6 Å². The molecule has 1 atom stereocenters. The monoisotopic (exact) mass is 489 g/mol. The minimum absolute atomic E-state index is 0.0429. The van der Waals surface area contributed by atoms with Gasteiger partial charge in [-0.25, -0.2) is 32.9 Å². The van der Waals surface area contributed by atoms with Crippen molar-refractivity contribution in [2.75, 3.05) is 10.0 Å². The Kier molecular flexibility index (Phi) is 7.56. The number of halogens is 1. The molecule has 0 aliphatic rings. The van der Waals surface area contributed by atoms with Gasteiger partial charge in [-0.3, -0.25) is 4.79 Å². The molecule has 1 amide bonds. The lowest BCUT2D eigenvalue weighted by Crippen LogP contribution is -2.32. The number of pyridine rings is 1. The lowest BCUT2D eigenvalue weighted by Gasteiger charge is -2.16. The maximum atomic E-state index is 12.6. The lowest BCUT2D eigenvalue weighted by atomic mass is 10.2. The van der Waals surface area contributed by atoms with E-state index in [2.05, 4.69) is 25.0 Å². The first-order valence-corrected chi connectivity index (χ1v) is 11.6. The number of amides is 1. The number of rotatable bonds is 8. The van der Waals surface area contributed by atoms with Gasteiger partial charge in [0, 0.05) is 23.8 Å². The highest BCUT2D eigenvalue weighted by Gasteiger charge is 2.23. The van der Waals surface area contributed by atoms with Crippen LogP contribution in [-0.4, -0.2) is 41.4 Å². The molecule has 0 fully saturated rings. The SMILES string of the molecule is CCC(OC(=O)c1ccnc(Cl)c1)C(=O)Nc1ccc(S(=O)(=O)Nc2nccc(C)n2)cc1. The molecule has 0 saturated heterocycles. The number of carbonyl (C=O) groups is 2. The molecule has 3 aromatic rings. The van der Waals surface area contributed by atoms with Crippen molar-refractivity contribution in [3.63, 3.8) is 0 Å². The molecule has 172 valence electrons. The molecule has 0 aliphatic heterocycles. The lowest BCUT2D eigenvalue weighted by molar-refractivity contribution is -0.124. The number of esters is 1. The third-order valence-corrected chi connectivity index (χ3v) is 5.88. The molecule has 2 N–H and O–H groups in total. The summed E-state index contributed by atoms with van der Waals surface area (Å²) in [4.78, 5) is 36.5. The molecule has 2 heterocycles. The number of hydrogen-bond acceptors (Lipinski definition) is 8. The van der Waals surface area contributed by atoms with E-state index in [4.69, 9.17) is 16.3 Å². The Labute approximate surface area is 195 Å². The Bertz CT molecular complexity index is 1270. The molecular formula is C21H20ClN5O5S. The van der Waals surface area contributed by atoms with Gasteiger partial charge in [0.2, 0.25) is 5.95 Å². The van der Waals surface area contributed by atoms with Gasteiger partial charge >= 0.3 is 5.97 Å². The van der Waals surface area contributed by atoms with Crippen LogP contribution in [0, 0.1) is 6.92 Å². The molecule has 0 aliphatic carbocycles. The smallest absolute Gasteiger partial charge is 0.339 e. The Balaban J connectivity index is 1.65. The minimum atomic E-state index is -3.92. The third-order valence-electron chi connectivity index (χ3n) is 4.33. The Morgan fingerprint density at radius 2 is 1.79 bits per heavy atom. The zero-order chi connectivity index (χ0) is 24.0. The number of sulfonamides is 1. The second-order valence-corrected chi connectivity index (χ2v) is 8.88. The first-order valence-electron chi connectivity index (χ1n) is 9.74. The predicted octanol–water partition coefficient (Wildman–Crippen LogP) is 3.21. The highest BCUT2D eigenvalue weighted by molar-refractivity contribution is 7.92. The summed E-state index contributed by atoms with van der Waals surface area (Å²) in [6.07, 6.45) is 1.96.